The molecule has 2 heteroatoms. The SMILES string of the molecule is CCCNCC(Cc1ccccc1Cl)CC(C)CC. The van der Waals surface area contributed by atoms with Gasteiger partial charge in [-0.15, -0.1) is 0 Å². The Kier molecular flexibility index (Phi) is 8.16. The van der Waals surface area contributed by atoms with Crippen LogP contribution >= 0.6 is 11.6 Å². The summed E-state index contributed by atoms with van der Waals surface area (Å²) < 4.78 is 0. The smallest absolute Gasteiger partial charge is 0.0438 e. The zero-order valence-corrected chi connectivity index (χ0v) is 13.3. The molecule has 0 bridgehead atoms. The molecule has 0 heterocycles. The molecule has 1 rings (SSSR count). The summed E-state index contributed by atoms with van der Waals surface area (Å²) in [5.41, 5.74) is 1.29. The molecule has 1 aromatic carbocycles. The molecule has 0 aliphatic carbocycles. The summed E-state index contributed by atoms with van der Waals surface area (Å²) >= 11 is 6.28. The number of nitrogens with one attached hydrogen (secondary N) is 1. The van der Waals surface area contributed by atoms with Gasteiger partial charge in [0.15, 0.2) is 0 Å². The second-order valence-electron chi connectivity index (χ2n) is 5.61. The maximum Gasteiger partial charge on any atom is 0.0438 e. The number of benzene rings is 1. The van der Waals surface area contributed by atoms with E-state index in [1.54, 1.807) is 0 Å². The lowest BCUT2D eigenvalue weighted by Crippen LogP contribution is -2.26. The maximum atomic E-state index is 6.28. The standard InChI is InChI=1S/C17H28ClN/c1-4-10-19-13-15(11-14(3)5-2)12-16-8-6-7-9-17(16)18/h6-9,14-15,19H,4-5,10-13H2,1-3H3. The van der Waals surface area contributed by atoms with Crippen LogP contribution in [-0.2, 0) is 6.42 Å². The number of hydrogen-bond acceptors (Lipinski definition) is 1. The first-order chi connectivity index (χ1) is 9.17. The highest BCUT2D eigenvalue weighted by atomic mass is 35.5. The molecule has 1 aromatic rings. The van der Waals surface area contributed by atoms with E-state index >= 15 is 0 Å². The Balaban J connectivity index is 2.59. The van der Waals surface area contributed by atoms with E-state index in [4.69, 9.17) is 11.6 Å². The van der Waals surface area contributed by atoms with Gasteiger partial charge in [-0.1, -0.05) is 57.0 Å². The molecule has 1 nitrogen and oxygen atoms in total. The fourth-order valence-electron chi connectivity index (χ4n) is 2.43. The molecule has 2 unspecified atom stereocenters. The molecular weight excluding hydrogens is 254 g/mol. The summed E-state index contributed by atoms with van der Waals surface area (Å²) in [6, 6.07) is 8.24. The normalized spacial score (nSPS) is 14.3. The summed E-state index contributed by atoms with van der Waals surface area (Å²) in [4.78, 5) is 0. The first-order valence-corrected chi connectivity index (χ1v) is 7.99. The molecule has 0 aliphatic heterocycles. The second kappa shape index (κ2) is 9.39. The van der Waals surface area contributed by atoms with Crippen molar-refractivity contribution in [1.82, 2.24) is 5.32 Å². The first kappa shape index (κ1) is 16.5. The molecule has 0 saturated heterocycles. The molecule has 0 amide bonds. The Labute approximate surface area is 123 Å². The Morgan fingerprint density at radius 3 is 2.58 bits per heavy atom. The van der Waals surface area contributed by atoms with E-state index in [1.165, 1.54) is 24.8 Å². The van der Waals surface area contributed by atoms with E-state index in [-0.39, 0.29) is 0 Å². The molecule has 0 saturated carbocycles. The van der Waals surface area contributed by atoms with Gasteiger partial charge in [0.25, 0.3) is 0 Å². The third kappa shape index (κ3) is 6.44. The minimum atomic E-state index is 0.682. The lowest BCUT2D eigenvalue weighted by atomic mass is 9.89. The number of hydrogen-bond donors (Lipinski definition) is 1. The molecule has 1 N–H and O–H groups in total. The van der Waals surface area contributed by atoms with E-state index in [0.29, 0.717) is 5.92 Å². The van der Waals surface area contributed by atoms with Crippen LogP contribution in [0.1, 0.15) is 45.6 Å². The Hall–Kier alpha value is -0.530. The van der Waals surface area contributed by atoms with Crippen LogP contribution in [0.5, 0.6) is 0 Å². The van der Waals surface area contributed by atoms with E-state index in [9.17, 15) is 0 Å². The highest BCUT2D eigenvalue weighted by Crippen LogP contribution is 2.23. The van der Waals surface area contributed by atoms with Crippen LogP contribution in [0.2, 0.25) is 5.02 Å². The fourth-order valence-corrected chi connectivity index (χ4v) is 2.65. The van der Waals surface area contributed by atoms with Gasteiger partial charge in [0, 0.05) is 5.02 Å². The maximum absolute atomic E-state index is 6.28. The molecule has 0 spiro atoms. The molecule has 2 atom stereocenters. The molecule has 19 heavy (non-hydrogen) atoms. The summed E-state index contributed by atoms with van der Waals surface area (Å²) in [5, 5.41) is 4.47. The molecule has 0 aliphatic rings. The van der Waals surface area contributed by atoms with Crippen LogP contribution in [0.25, 0.3) is 0 Å². The first-order valence-electron chi connectivity index (χ1n) is 7.61. The largest absolute Gasteiger partial charge is 0.316 e. The van der Waals surface area contributed by atoms with Crippen LogP contribution < -0.4 is 5.32 Å². The van der Waals surface area contributed by atoms with Crippen molar-refractivity contribution < 1.29 is 0 Å². The van der Waals surface area contributed by atoms with E-state index < -0.39 is 0 Å². The van der Waals surface area contributed by atoms with E-state index in [1.807, 2.05) is 12.1 Å². The van der Waals surface area contributed by atoms with Gasteiger partial charge >= 0.3 is 0 Å². The third-order valence-electron chi connectivity index (χ3n) is 3.76. The summed E-state index contributed by atoms with van der Waals surface area (Å²) in [6.07, 6.45) is 4.81. The Bertz CT molecular complexity index is 351. The van der Waals surface area contributed by atoms with Crippen molar-refractivity contribution in [2.75, 3.05) is 13.1 Å². The average Bonchev–Trinajstić information content (AvgIpc) is 2.41. The van der Waals surface area contributed by atoms with Crippen LogP contribution in [0.4, 0.5) is 0 Å². The Morgan fingerprint density at radius 2 is 1.95 bits per heavy atom. The highest BCUT2D eigenvalue weighted by molar-refractivity contribution is 6.31. The lowest BCUT2D eigenvalue weighted by molar-refractivity contribution is 0.363. The van der Waals surface area contributed by atoms with Crippen molar-refractivity contribution in [3.05, 3.63) is 34.9 Å². The second-order valence-corrected chi connectivity index (χ2v) is 6.02. The molecule has 0 radical (unpaired) electrons. The zero-order chi connectivity index (χ0) is 14.1. The van der Waals surface area contributed by atoms with Crippen LogP contribution in [-0.4, -0.2) is 13.1 Å². The Morgan fingerprint density at radius 1 is 1.21 bits per heavy atom. The van der Waals surface area contributed by atoms with Crippen molar-refractivity contribution in [1.29, 1.82) is 0 Å². The number of rotatable bonds is 9. The minimum Gasteiger partial charge on any atom is -0.316 e. The van der Waals surface area contributed by atoms with Gasteiger partial charge in [0.1, 0.15) is 0 Å². The average molecular weight is 282 g/mol. The van der Waals surface area contributed by atoms with Gasteiger partial charge in [0.2, 0.25) is 0 Å². The van der Waals surface area contributed by atoms with Gasteiger partial charge in [-0.2, -0.15) is 0 Å². The zero-order valence-electron chi connectivity index (χ0n) is 12.6. The van der Waals surface area contributed by atoms with Crippen molar-refractivity contribution >= 4 is 11.6 Å². The van der Waals surface area contributed by atoms with Gasteiger partial charge in [0.05, 0.1) is 0 Å². The predicted molar refractivity (Wildman–Crippen MR) is 85.9 cm³/mol. The van der Waals surface area contributed by atoms with Crippen LogP contribution in [0, 0.1) is 11.8 Å². The van der Waals surface area contributed by atoms with Crippen molar-refractivity contribution in [2.24, 2.45) is 11.8 Å². The monoisotopic (exact) mass is 281 g/mol. The molecular formula is C17H28ClN. The van der Waals surface area contributed by atoms with Gasteiger partial charge in [-0.3, -0.25) is 0 Å². The molecule has 0 aromatic heterocycles. The number of halogens is 1. The molecule has 0 fully saturated rings. The van der Waals surface area contributed by atoms with Gasteiger partial charge in [-0.05, 0) is 55.8 Å². The fraction of sp³-hybridized carbons (Fsp3) is 0.647. The van der Waals surface area contributed by atoms with E-state index in [2.05, 4.69) is 38.2 Å². The predicted octanol–water partition coefficient (Wildman–Crippen LogP) is 4.93. The van der Waals surface area contributed by atoms with Crippen molar-refractivity contribution in [3.8, 4) is 0 Å². The van der Waals surface area contributed by atoms with Crippen LogP contribution in [0.3, 0.4) is 0 Å². The lowest BCUT2D eigenvalue weighted by Gasteiger charge is -2.21. The highest BCUT2D eigenvalue weighted by Gasteiger charge is 2.14. The summed E-state index contributed by atoms with van der Waals surface area (Å²) in [6.45, 7) is 9.05. The van der Waals surface area contributed by atoms with Crippen LogP contribution in [0.15, 0.2) is 24.3 Å². The minimum absolute atomic E-state index is 0.682. The van der Waals surface area contributed by atoms with Crippen molar-refractivity contribution in [2.45, 2.75) is 46.5 Å². The van der Waals surface area contributed by atoms with Gasteiger partial charge < -0.3 is 5.32 Å². The van der Waals surface area contributed by atoms with Gasteiger partial charge in [-0.25, -0.2) is 0 Å². The van der Waals surface area contributed by atoms with E-state index in [0.717, 1.165) is 30.5 Å². The summed E-state index contributed by atoms with van der Waals surface area (Å²) in [5.74, 6) is 1.47. The van der Waals surface area contributed by atoms with Crippen molar-refractivity contribution in [3.63, 3.8) is 0 Å². The topological polar surface area (TPSA) is 12.0 Å². The quantitative estimate of drug-likeness (QED) is 0.633. The summed E-state index contributed by atoms with van der Waals surface area (Å²) in [7, 11) is 0. The molecule has 108 valence electrons. The third-order valence-corrected chi connectivity index (χ3v) is 4.13.